The average molecular weight is 261 g/mol. The quantitative estimate of drug-likeness (QED) is 0.899. The first-order chi connectivity index (χ1) is 8.65. The predicted molar refractivity (Wildman–Crippen MR) is 76.9 cm³/mol. The van der Waals surface area contributed by atoms with Crippen LogP contribution >= 0.6 is 11.3 Å². The molecule has 0 aliphatic carbocycles. The van der Waals surface area contributed by atoms with Crippen LogP contribution in [-0.4, -0.2) is 22.8 Å². The number of aryl methyl sites for hydroxylation is 1. The van der Waals surface area contributed by atoms with Gasteiger partial charge in [0.05, 0.1) is 0 Å². The minimum Gasteiger partial charge on any atom is -0.314 e. The Bertz CT molecular complexity index is 505. The molecule has 0 bridgehead atoms. The van der Waals surface area contributed by atoms with E-state index in [9.17, 15) is 0 Å². The largest absolute Gasteiger partial charge is 0.314 e. The number of aromatic nitrogens is 2. The van der Waals surface area contributed by atoms with Gasteiger partial charge in [0.15, 0.2) is 0 Å². The number of hydrogen-bond acceptors (Lipinski definition) is 4. The van der Waals surface area contributed by atoms with Crippen LogP contribution in [0.3, 0.4) is 0 Å². The third kappa shape index (κ3) is 3.62. The molecule has 1 aromatic carbocycles. The summed E-state index contributed by atoms with van der Waals surface area (Å²) in [5.74, 6) is 0. The van der Waals surface area contributed by atoms with Gasteiger partial charge in [-0.25, -0.2) is 0 Å². The maximum absolute atomic E-state index is 4.27. The Balaban J connectivity index is 2.02. The number of nitrogens with one attached hydrogen (secondary N) is 1. The highest BCUT2D eigenvalue weighted by Crippen LogP contribution is 2.24. The van der Waals surface area contributed by atoms with Gasteiger partial charge in [0.1, 0.15) is 10.0 Å². The molecule has 0 fully saturated rings. The first-order valence-electron chi connectivity index (χ1n) is 6.28. The summed E-state index contributed by atoms with van der Waals surface area (Å²) in [6, 6.07) is 8.92. The Morgan fingerprint density at radius 3 is 2.83 bits per heavy atom. The van der Waals surface area contributed by atoms with E-state index in [0.29, 0.717) is 6.04 Å². The second kappa shape index (κ2) is 6.07. The fourth-order valence-corrected chi connectivity index (χ4v) is 2.55. The normalized spacial score (nSPS) is 11.1. The number of nitrogens with zero attached hydrogens (tertiary/aromatic N) is 2. The van der Waals surface area contributed by atoms with Crippen LogP contribution in [0.2, 0.25) is 0 Å². The lowest BCUT2D eigenvalue weighted by Crippen LogP contribution is -2.24. The van der Waals surface area contributed by atoms with Gasteiger partial charge in [0.2, 0.25) is 0 Å². The van der Waals surface area contributed by atoms with Crippen molar-refractivity contribution in [2.45, 2.75) is 33.2 Å². The monoisotopic (exact) mass is 261 g/mol. The van der Waals surface area contributed by atoms with Gasteiger partial charge in [0, 0.05) is 24.6 Å². The molecule has 1 heterocycles. The van der Waals surface area contributed by atoms with Gasteiger partial charge in [-0.15, -0.1) is 10.2 Å². The van der Waals surface area contributed by atoms with Crippen molar-refractivity contribution in [1.29, 1.82) is 0 Å². The molecule has 0 radical (unpaired) electrons. The van der Waals surface area contributed by atoms with E-state index in [-0.39, 0.29) is 0 Å². The molecule has 18 heavy (non-hydrogen) atoms. The second-order valence-corrected chi connectivity index (χ2v) is 5.79. The summed E-state index contributed by atoms with van der Waals surface area (Å²) < 4.78 is 0. The Morgan fingerprint density at radius 1 is 1.28 bits per heavy atom. The third-order valence-corrected chi connectivity index (χ3v) is 3.66. The molecule has 0 saturated carbocycles. The van der Waals surface area contributed by atoms with Gasteiger partial charge < -0.3 is 5.32 Å². The molecule has 0 amide bonds. The molecule has 0 atom stereocenters. The summed E-state index contributed by atoms with van der Waals surface area (Å²) in [6.45, 7) is 7.36. The van der Waals surface area contributed by atoms with Gasteiger partial charge >= 0.3 is 0 Å². The van der Waals surface area contributed by atoms with E-state index < -0.39 is 0 Å². The van der Waals surface area contributed by atoms with Crippen molar-refractivity contribution in [3.05, 3.63) is 34.8 Å². The first kappa shape index (κ1) is 13.2. The second-order valence-electron chi connectivity index (χ2n) is 4.73. The van der Waals surface area contributed by atoms with Crippen LogP contribution in [0.1, 0.15) is 24.4 Å². The maximum atomic E-state index is 4.27. The molecule has 3 nitrogen and oxygen atoms in total. The molecule has 0 aliphatic heterocycles. The lowest BCUT2D eigenvalue weighted by Gasteiger charge is -2.05. The van der Waals surface area contributed by atoms with Crippen LogP contribution in [0.5, 0.6) is 0 Å². The molecular formula is C14H19N3S. The van der Waals surface area contributed by atoms with Crippen molar-refractivity contribution in [3.8, 4) is 10.6 Å². The van der Waals surface area contributed by atoms with Crippen molar-refractivity contribution in [2.24, 2.45) is 0 Å². The highest BCUT2D eigenvalue weighted by atomic mass is 32.1. The van der Waals surface area contributed by atoms with E-state index in [1.54, 1.807) is 11.3 Å². The number of hydrogen-bond donors (Lipinski definition) is 1. The van der Waals surface area contributed by atoms with Crippen LogP contribution in [0, 0.1) is 6.92 Å². The van der Waals surface area contributed by atoms with Gasteiger partial charge in [-0.05, 0) is 13.0 Å². The van der Waals surface area contributed by atoms with E-state index in [1.807, 2.05) is 0 Å². The number of rotatable bonds is 5. The average Bonchev–Trinajstić information content (AvgIpc) is 2.77. The predicted octanol–water partition coefficient (Wildman–Crippen LogP) is 3.05. The smallest absolute Gasteiger partial charge is 0.147 e. The molecular weight excluding hydrogens is 242 g/mol. The van der Waals surface area contributed by atoms with Crippen molar-refractivity contribution < 1.29 is 0 Å². The highest BCUT2D eigenvalue weighted by Gasteiger charge is 2.06. The molecule has 0 unspecified atom stereocenters. The van der Waals surface area contributed by atoms with Crippen LogP contribution in [0.25, 0.3) is 10.6 Å². The molecule has 0 saturated heterocycles. The molecule has 0 spiro atoms. The highest BCUT2D eigenvalue weighted by molar-refractivity contribution is 7.14. The lowest BCUT2D eigenvalue weighted by molar-refractivity contribution is 0.588. The van der Waals surface area contributed by atoms with Crippen molar-refractivity contribution >= 4 is 11.3 Å². The minimum absolute atomic E-state index is 0.522. The summed E-state index contributed by atoms with van der Waals surface area (Å²) >= 11 is 1.68. The Labute approximate surface area is 112 Å². The van der Waals surface area contributed by atoms with Crippen molar-refractivity contribution in [1.82, 2.24) is 15.5 Å². The van der Waals surface area contributed by atoms with Crippen LogP contribution in [0.4, 0.5) is 0 Å². The summed E-state index contributed by atoms with van der Waals surface area (Å²) in [7, 11) is 0. The summed E-state index contributed by atoms with van der Waals surface area (Å²) in [5, 5.41) is 14.0. The van der Waals surface area contributed by atoms with Gasteiger partial charge in [-0.1, -0.05) is 48.9 Å². The zero-order valence-corrected chi connectivity index (χ0v) is 11.9. The summed E-state index contributed by atoms with van der Waals surface area (Å²) in [6.07, 6.45) is 0.946. The molecule has 2 aromatic rings. The maximum Gasteiger partial charge on any atom is 0.147 e. The Hall–Kier alpha value is -1.26. The van der Waals surface area contributed by atoms with Gasteiger partial charge in [-0.2, -0.15) is 0 Å². The summed E-state index contributed by atoms with van der Waals surface area (Å²) in [4.78, 5) is 0. The standard InChI is InChI=1S/C14H19N3S/c1-10(2)15-8-7-13-16-17-14(18-13)12-6-4-5-11(3)9-12/h4-6,9-10,15H,7-8H2,1-3H3. The van der Waals surface area contributed by atoms with Gasteiger partial charge in [0.25, 0.3) is 0 Å². The zero-order chi connectivity index (χ0) is 13.0. The zero-order valence-electron chi connectivity index (χ0n) is 11.1. The molecule has 1 N–H and O–H groups in total. The first-order valence-corrected chi connectivity index (χ1v) is 7.09. The Morgan fingerprint density at radius 2 is 2.11 bits per heavy atom. The van der Waals surface area contributed by atoms with Crippen molar-refractivity contribution in [3.63, 3.8) is 0 Å². The molecule has 2 rings (SSSR count). The van der Waals surface area contributed by atoms with E-state index in [2.05, 4.69) is 60.6 Å². The molecule has 0 aliphatic rings. The van der Waals surface area contributed by atoms with Gasteiger partial charge in [-0.3, -0.25) is 0 Å². The van der Waals surface area contributed by atoms with Crippen LogP contribution < -0.4 is 5.32 Å². The molecule has 96 valence electrons. The lowest BCUT2D eigenvalue weighted by atomic mass is 10.1. The van der Waals surface area contributed by atoms with E-state index in [0.717, 1.165) is 28.5 Å². The summed E-state index contributed by atoms with van der Waals surface area (Å²) in [5.41, 5.74) is 2.42. The van der Waals surface area contributed by atoms with Crippen molar-refractivity contribution in [2.75, 3.05) is 6.54 Å². The third-order valence-electron chi connectivity index (χ3n) is 2.62. The SMILES string of the molecule is Cc1cccc(-c2nnc(CCNC(C)C)s2)c1. The minimum atomic E-state index is 0.522. The van der Waals surface area contributed by atoms with Crippen LogP contribution in [0.15, 0.2) is 24.3 Å². The van der Waals surface area contributed by atoms with E-state index >= 15 is 0 Å². The van der Waals surface area contributed by atoms with E-state index in [4.69, 9.17) is 0 Å². The van der Waals surface area contributed by atoms with Crippen LogP contribution in [-0.2, 0) is 6.42 Å². The molecule has 1 aromatic heterocycles. The fourth-order valence-electron chi connectivity index (χ4n) is 1.72. The molecule has 4 heteroatoms. The number of benzene rings is 1. The topological polar surface area (TPSA) is 37.8 Å². The van der Waals surface area contributed by atoms with E-state index in [1.165, 1.54) is 5.56 Å². The Kier molecular flexibility index (Phi) is 4.44. The fraction of sp³-hybridized carbons (Fsp3) is 0.429.